The van der Waals surface area contributed by atoms with Gasteiger partial charge in [0.1, 0.15) is 11.3 Å². The topological polar surface area (TPSA) is 110 Å². The van der Waals surface area contributed by atoms with E-state index in [0.717, 1.165) is 11.3 Å². The van der Waals surface area contributed by atoms with E-state index in [2.05, 4.69) is 4.98 Å². The number of hydrogen-bond acceptors (Lipinski definition) is 7. The Morgan fingerprint density at radius 2 is 2.00 bits per heavy atom. The van der Waals surface area contributed by atoms with E-state index in [0.29, 0.717) is 26.5 Å². The van der Waals surface area contributed by atoms with Gasteiger partial charge < -0.3 is 20.4 Å². The highest BCUT2D eigenvalue weighted by Gasteiger charge is 2.19. The summed E-state index contributed by atoms with van der Waals surface area (Å²) in [6, 6.07) is 9.45. The number of nitrogen functional groups attached to an aromatic ring is 1. The molecule has 2 aromatic carbocycles. The normalized spacial score (nSPS) is 11.3. The number of aromatic hydroxyl groups is 2. The molecular weight excluding hydrogens is 316 g/mol. The van der Waals surface area contributed by atoms with Crippen LogP contribution in [0.15, 0.2) is 45.6 Å². The largest absolute Gasteiger partial charge is 0.508 e. The first kappa shape index (κ1) is 13.6. The summed E-state index contributed by atoms with van der Waals surface area (Å²) in [5, 5.41) is 20.4. The summed E-state index contributed by atoms with van der Waals surface area (Å²) in [5.41, 5.74) is 6.44. The van der Waals surface area contributed by atoms with Gasteiger partial charge in [0.05, 0.1) is 15.6 Å². The fourth-order valence-corrected chi connectivity index (χ4v) is 3.38. The van der Waals surface area contributed by atoms with Crippen LogP contribution in [0, 0.1) is 0 Å². The van der Waals surface area contributed by atoms with Crippen molar-refractivity contribution in [1.29, 1.82) is 0 Å². The number of nitrogens with two attached hydrogens (primary N) is 1. The lowest BCUT2D eigenvalue weighted by Crippen LogP contribution is -2.02. The van der Waals surface area contributed by atoms with E-state index in [4.69, 9.17) is 10.2 Å². The zero-order valence-corrected chi connectivity index (χ0v) is 12.4. The Bertz CT molecular complexity index is 1130. The number of anilines is 1. The molecule has 7 heteroatoms. The van der Waals surface area contributed by atoms with Gasteiger partial charge in [-0.3, -0.25) is 4.79 Å². The molecule has 0 atom stereocenters. The molecular formula is C16H10N2O4S. The molecule has 2 aromatic heterocycles. The van der Waals surface area contributed by atoms with E-state index in [9.17, 15) is 15.0 Å². The first-order chi connectivity index (χ1) is 11.0. The minimum absolute atomic E-state index is 0.00948. The third-order valence-corrected chi connectivity index (χ3v) is 4.43. The molecule has 0 saturated carbocycles. The van der Waals surface area contributed by atoms with Gasteiger partial charge in [-0.25, -0.2) is 4.98 Å². The number of hydrogen-bond donors (Lipinski definition) is 3. The molecule has 0 spiro atoms. The second kappa shape index (κ2) is 4.72. The molecule has 0 unspecified atom stereocenters. The lowest BCUT2D eigenvalue weighted by Gasteiger charge is -2.06. The number of rotatable bonds is 1. The maximum Gasteiger partial charge on any atom is 0.236 e. The Labute approximate surface area is 133 Å². The second-order valence-electron chi connectivity index (χ2n) is 5.00. The van der Waals surface area contributed by atoms with Gasteiger partial charge in [-0.05, 0) is 24.3 Å². The summed E-state index contributed by atoms with van der Waals surface area (Å²) in [6.45, 7) is 0. The second-order valence-corrected chi connectivity index (χ2v) is 6.03. The molecule has 23 heavy (non-hydrogen) atoms. The highest BCUT2D eigenvalue weighted by Crippen LogP contribution is 2.35. The molecule has 4 rings (SSSR count). The Kier molecular flexibility index (Phi) is 2.79. The van der Waals surface area contributed by atoms with E-state index in [1.54, 1.807) is 24.3 Å². The van der Waals surface area contributed by atoms with Gasteiger partial charge in [-0.2, -0.15) is 0 Å². The van der Waals surface area contributed by atoms with Gasteiger partial charge in [0.25, 0.3) is 0 Å². The fraction of sp³-hybridized carbons (Fsp3) is 0. The number of aromatic nitrogens is 1. The predicted octanol–water partition coefficient (Wildman–Crippen LogP) is 3.06. The SMILES string of the molecule is Nc1nc2ccc3oc(-c4cccc(O)c4)c(O)c(=O)c3c2s1. The van der Waals surface area contributed by atoms with Crippen LogP contribution < -0.4 is 11.2 Å². The van der Waals surface area contributed by atoms with Crippen molar-refractivity contribution in [2.24, 2.45) is 0 Å². The minimum Gasteiger partial charge on any atom is -0.508 e. The van der Waals surface area contributed by atoms with Crippen LogP contribution in [0.5, 0.6) is 11.5 Å². The molecule has 0 aliphatic carbocycles. The number of phenolic OH excluding ortho intramolecular Hbond substituents is 1. The molecule has 0 bridgehead atoms. The maximum absolute atomic E-state index is 12.6. The number of phenols is 1. The van der Waals surface area contributed by atoms with Crippen LogP contribution in [0.2, 0.25) is 0 Å². The highest BCUT2D eigenvalue weighted by molar-refractivity contribution is 7.23. The summed E-state index contributed by atoms with van der Waals surface area (Å²) in [4.78, 5) is 16.7. The molecule has 4 aromatic rings. The average Bonchev–Trinajstić information content (AvgIpc) is 2.90. The number of benzene rings is 2. The van der Waals surface area contributed by atoms with Crippen LogP contribution >= 0.6 is 11.3 Å². The Hall–Kier alpha value is -3.06. The molecule has 114 valence electrons. The molecule has 0 radical (unpaired) electrons. The first-order valence-corrected chi connectivity index (χ1v) is 7.50. The van der Waals surface area contributed by atoms with Crippen molar-refractivity contribution in [1.82, 2.24) is 4.98 Å². The van der Waals surface area contributed by atoms with Gasteiger partial charge in [0, 0.05) is 5.56 Å². The Morgan fingerprint density at radius 3 is 2.78 bits per heavy atom. The summed E-state index contributed by atoms with van der Waals surface area (Å²) < 4.78 is 6.28. The zero-order valence-electron chi connectivity index (χ0n) is 11.6. The van der Waals surface area contributed by atoms with Crippen molar-refractivity contribution in [3.8, 4) is 22.8 Å². The van der Waals surface area contributed by atoms with Crippen molar-refractivity contribution in [3.63, 3.8) is 0 Å². The number of thiazole rings is 1. The molecule has 0 aliphatic rings. The van der Waals surface area contributed by atoms with Crippen molar-refractivity contribution >= 4 is 37.7 Å². The molecule has 0 aliphatic heterocycles. The van der Waals surface area contributed by atoms with Crippen LogP contribution in [0.25, 0.3) is 32.5 Å². The predicted molar refractivity (Wildman–Crippen MR) is 88.8 cm³/mol. The summed E-state index contributed by atoms with van der Waals surface area (Å²) >= 11 is 1.16. The third kappa shape index (κ3) is 2.01. The van der Waals surface area contributed by atoms with Crippen LogP contribution in [0.1, 0.15) is 0 Å². The monoisotopic (exact) mass is 326 g/mol. The van der Waals surface area contributed by atoms with Crippen LogP contribution in [0.3, 0.4) is 0 Å². The zero-order chi connectivity index (χ0) is 16.1. The van der Waals surface area contributed by atoms with Gasteiger partial charge in [-0.1, -0.05) is 23.5 Å². The van der Waals surface area contributed by atoms with Gasteiger partial charge in [0.2, 0.25) is 11.2 Å². The Balaban J connectivity index is 2.12. The highest BCUT2D eigenvalue weighted by atomic mass is 32.1. The lowest BCUT2D eigenvalue weighted by molar-refractivity contribution is 0.448. The first-order valence-electron chi connectivity index (χ1n) is 6.69. The van der Waals surface area contributed by atoms with Gasteiger partial charge in [-0.15, -0.1) is 0 Å². The summed E-state index contributed by atoms with van der Waals surface area (Å²) in [5.74, 6) is -0.492. The van der Waals surface area contributed by atoms with Crippen LogP contribution in [0.4, 0.5) is 5.13 Å². The van der Waals surface area contributed by atoms with E-state index >= 15 is 0 Å². The van der Waals surface area contributed by atoms with Crippen molar-refractivity contribution in [2.45, 2.75) is 0 Å². The van der Waals surface area contributed by atoms with Crippen LogP contribution in [-0.2, 0) is 0 Å². The molecule has 0 fully saturated rings. The quantitative estimate of drug-likeness (QED) is 0.496. The maximum atomic E-state index is 12.6. The lowest BCUT2D eigenvalue weighted by atomic mass is 10.1. The molecule has 0 amide bonds. The van der Waals surface area contributed by atoms with Crippen molar-refractivity contribution in [3.05, 3.63) is 46.6 Å². The van der Waals surface area contributed by atoms with Crippen LogP contribution in [-0.4, -0.2) is 15.2 Å². The average molecular weight is 326 g/mol. The van der Waals surface area contributed by atoms with Gasteiger partial charge >= 0.3 is 0 Å². The molecule has 4 N–H and O–H groups in total. The van der Waals surface area contributed by atoms with Gasteiger partial charge in [0.15, 0.2) is 10.9 Å². The van der Waals surface area contributed by atoms with E-state index in [-0.39, 0.29) is 16.9 Å². The molecule has 2 heterocycles. The van der Waals surface area contributed by atoms with E-state index < -0.39 is 11.2 Å². The molecule has 6 nitrogen and oxygen atoms in total. The Morgan fingerprint density at radius 1 is 1.17 bits per heavy atom. The third-order valence-electron chi connectivity index (χ3n) is 3.51. The fourth-order valence-electron chi connectivity index (χ4n) is 2.51. The number of fused-ring (bicyclic) bond motifs is 3. The minimum atomic E-state index is -0.557. The summed E-state index contributed by atoms with van der Waals surface area (Å²) in [6.07, 6.45) is 0. The smallest absolute Gasteiger partial charge is 0.236 e. The number of nitrogens with zero attached hydrogens (tertiary/aromatic N) is 1. The van der Waals surface area contributed by atoms with E-state index in [1.807, 2.05) is 0 Å². The molecule has 0 saturated heterocycles. The van der Waals surface area contributed by atoms with Crippen molar-refractivity contribution in [2.75, 3.05) is 5.73 Å². The summed E-state index contributed by atoms with van der Waals surface area (Å²) in [7, 11) is 0. The van der Waals surface area contributed by atoms with Crippen molar-refractivity contribution < 1.29 is 14.6 Å². The van der Waals surface area contributed by atoms with E-state index in [1.165, 1.54) is 12.1 Å². The standard InChI is InChI=1S/C16H10N2O4S/c17-16-18-9-4-5-10-11(15(9)23-16)12(20)13(21)14(22-10)7-2-1-3-8(19)6-7/h1-6,19,21H,(H2,17,18).